The lowest BCUT2D eigenvalue weighted by atomic mass is 10.1. The summed E-state index contributed by atoms with van der Waals surface area (Å²) in [4.78, 5) is 7.55. The Labute approximate surface area is 74.4 Å². The summed E-state index contributed by atoms with van der Waals surface area (Å²) < 4.78 is 0. The van der Waals surface area contributed by atoms with Gasteiger partial charge >= 0.3 is 0 Å². The van der Waals surface area contributed by atoms with E-state index in [1.807, 2.05) is 6.92 Å². The van der Waals surface area contributed by atoms with E-state index in [1.165, 1.54) is 19.5 Å². The van der Waals surface area contributed by atoms with Gasteiger partial charge in [0, 0.05) is 18.7 Å². The molecule has 12 heavy (non-hydrogen) atoms. The summed E-state index contributed by atoms with van der Waals surface area (Å²) >= 11 is 0. The maximum absolute atomic E-state index is 5.10. The molecule has 0 bridgehead atoms. The minimum absolute atomic E-state index is 0.689. The fourth-order valence-electron chi connectivity index (χ4n) is 1.56. The normalized spacial score (nSPS) is 25.3. The molecule has 0 aromatic carbocycles. The first-order valence-corrected chi connectivity index (χ1v) is 4.69. The van der Waals surface area contributed by atoms with Gasteiger partial charge in [-0.1, -0.05) is 12.1 Å². The van der Waals surface area contributed by atoms with Crippen molar-refractivity contribution in [3.05, 3.63) is 0 Å². The Morgan fingerprint density at radius 1 is 1.67 bits per heavy atom. The van der Waals surface area contributed by atoms with Crippen LogP contribution in [0.4, 0.5) is 0 Å². The zero-order chi connectivity index (χ0) is 8.81. The Hall–Kier alpha value is -0.570. The van der Waals surface area contributed by atoms with Gasteiger partial charge in [-0.15, -0.1) is 0 Å². The molecular weight excluding hydrogens is 152 g/mol. The summed E-state index contributed by atoms with van der Waals surface area (Å²) in [5.41, 5.74) is 0. The van der Waals surface area contributed by atoms with Gasteiger partial charge in [0.05, 0.1) is 0 Å². The Balaban J connectivity index is 2.10. The summed E-state index contributed by atoms with van der Waals surface area (Å²) in [6.07, 6.45) is 2.94. The summed E-state index contributed by atoms with van der Waals surface area (Å²) in [7, 11) is 0. The Bertz CT molecular complexity index is 147. The van der Waals surface area contributed by atoms with Crippen LogP contribution in [0.25, 0.3) is 0 Å². The van der Waals surface area contributed by atoms with Gasteiger partial charge in [0.2, 0.25) is 0 Å². The van der Waals surface area contributed by atoms with Crippen LogP contribution in [-0.4, -0.2) is 37.4 Å². The monoisotopic (exact) mass is 170 g/mol. The molecule has 1 saturated heterocycles. The third kappa shape index (κ3) is 2.81. The van der Waals surface area contributed by atoms with Gasteiger partial charge in [-0.05, 0) is 26.4 Å². The van der Waals surface area contributed by atoms with Crippen molar-refractivity contribution in [1.82, 2.24) is 4.90 Å². The van der Waals surface area contributed by atoms with Crippen LogP contribution in [0.5, 0.6) is 0 Å². The number of hydrogen-bond donors (Lipinski definition) is 0. The quantitative estimate of drug-likeness (QED) is 0.470. The lowest BCUT2D eigenvalue weighted by molar-refractivity contribution is 0.110. The second kappa shape index (κ2) is 5.14. The van der Waals surface area contributed by atoms with Crippen LogP contribution in [0.1, 0.15) is 20.3 Å². The maximum Gasteiger partial charge on any atom is 0.121 e. The molecule has 1 unspecified atom stereocenters. The number of oxime groups is 1. The predicted molar refractivity (Wildman–Crippen MR) is 50.3 cm³/mol. The van der Waals surface area contributed by atoms with Crippen LogP contribution in [0.15, 0.2) is 5.16 Å². The van der Waals surface area contributed by atoms with E-state index >= 15 is 0 Å². The van der Waals surface area contributed by atoms with Gasteiger partial charge in [-0.3, -0.25) is 0 Å². The van der Waals surface area contributed by atoms with E-state index in [0.717, 1.165) is 13.2 Å². The number of rotatable bonds is 4. The summed E-state index contributed by atoms with van der Waals surface area (Å²) in [5.74, 6) is 0.689. The van der Waals surface area contributed by atoms with E-state index in [0.29, 0.717) is 5.92 Å². The van der Waals surface area contributed by atoms with Gasteiger partial charge in [0.1, 0.15) is 6.61 Å². The lowest BCUT2D eigenvalue weighted by Crippen LogP contribution is -2.20. The fourth-order valence-corrected chi connectivity index (χ4v) is 1.56. The molecule has 1 aliphatic rings. The van der Waals surface area contributed by atoms with Gasteiger partial charge in [0.25, 0.3) is 0 Å². The molecular formula is C9H18N2O. The fraction of sp³-hybridized carbons (Fsp3) is 0.889. The van der Waals surface area contributed by atoms with Gasteiger partial charge in [-0.2, -0.15) is 0 Å². The Morgan fingerprint density at radius 3 is 3.08 bits per heavy atom. The van der Waals surface area contributed by atoms with E-state index in [-0.39, 0.29) is 0 Å². The molecule has 1 atom stereocenters. The smallest absolute Gasteiger partial charge is 0.121 e. The standard InChI is InChI=1S/C9H18N2O/c1-3-10-12-8-9-5-6-11(4-2)7-9/h3,9H,4-8H2,1-2H3/b10-3-. The van der Waals surface area contributed by atoms with E-state index in [9.17, 15) is 0 Å². The van der Waals surface area contributed by atoms with Crippen LogP contribution < -0.4 is 0 Å². The lowest BCUT2D eigenvalue weighted by Gasteiger charge is -2.11. The third-order valence-electron chi connectivity index (χ3n) is 2.31. The van der Waals surface area contributed by atoms with Gasteiger partial charge in [0.15, 0.2) is 0 Å². The summed E-state index contributed by atoms with van der Waals surface area (Å²) in [6.45, 7) is 8.41. The van der Waals surface area contributed by atoms with E-state index in [1.54, 1.807) is 6.21 Å². The highest BCUT2D eigenvalue weighted by atomic mass is 16.6. The van der Waals surface area contributed by atoms with Crippen LogP contribution in [0.2, 0.25) is 0 Å². The van der Waals surface area contributed by atoms with E-state index in [2.05, 4.69) is 17.0 Å². The molecule has 0 aliphatic carbocycles. The summed E-state index contributed by atoms with van der Waals surface area (Å²) in [6, 6.07) is 0. The molecule has 0 radical (unpaired) electrons. The maximum atomic E-state index is 5.10. The first-order chi connectivity index (χ1) is 5.86. The zero-order valence-corrected chi connectivity index (χ0v) is 7.99. The molecule has 0 N–H and O–H groups in total. The highest BCUT2D eigenvalue weighted by Gasteiger charge is 2.21. The first-order valence-electron chi connectivity index (χ1n) is 4.69. The average Bonchev–Trinajstić information content (AvgIpc) is 2.53. The van der Waals surface area contributed by atoms with Crippen molar-refractivity contribution in [1.29, 1.82) is 0 Å². The van der Waals surface area contributed by atoms with Crippen molar-refractivity contribution in [2.45, 2.75) is 20.3 Å². The average molecular weight is 170 g/mol. The van der Waals surface area contributed by atoms with E-state index < -0.39 is 0 Å². The SMILES string of the molecule is C/C=N\OCC1CCN(CC)C1. The topological polar surface area (TPSA) is 24.8 Å². The molecule has 0 aromatic rings. The largest absolute Gasteiger partial charge is 0.396 e. The van der Waals surface area contributed by atoms with Gasteiger partial charge < -0.3 is 9.74 Å². The van der Waals surface area contributed by atoms with Crippen molar-refractivity contribution in [2.24, 2.45) is 11.1 Å². The molecule has 0 spiro atoms. The minimum Gasteiger partial charge on any atom is -0.396 e. The third-order valence-corrected chi connectivity index (χ3v) is 2.31. The second-order valence-corrected chi connectivity index (χ2v) is 3.21. The second-order valence-electron chi connectivity index (χ2n) is 3.21. The van der Waals surface area contributed by atoms with Crippen molar-refractivity contribution >= 4 is 6.21 Å². The molecule has 3 heteroatoms. The van der Waals surface area contributed by atoms with Crippen LogP contribution >= 0.6 is 0 Å². The molecule has 0 aromatic heterocycles. The Kier molecular flexibility index (Phi) is 4.08. The summed E-state index contributed by atoms with van der Waals surface area (Å²) in [5, 5.41) is 3.74. The first kappa shape index (κ1) is 9.52. The molecule has 1 fully saturated rings. The van der Waals surface area contributed by atoms with Crippen LogP contribution in [-0.2, 0) is 4.84 Å². The molecule has 0 amide bonds. The van der Waals surface area contributed by atoms with Crippen LogP contribution in [0, 0.1) is 5.92 Å². The molecule has 1 rings (SSSR count). The Morgan fingerprint density at radius 2 is 2.50 bits per heavy atom. The number of hydrogen-bond acceptors (Lipinski definition) is 3. The highest BCUT2D eigenvalue weighted by Crippen LogP contribution is 2.15. The molecule has 70 valence electrons. The van der Waals surface area contributed by atoms with E-state index in [4.69, 9.17) is 4.84 Å². The van der Waals surface area contributed by atoms with Crippen LogP contribution in [0.3, 0.4) is 0 Å². The zero-order valence-electron chi connectivity index (χ0n) is 7.99. The molecule has 0 saturated carbocycles. The number of nitrogens with zero attached hydrogens (tertiary/aromatic N) is 2. The molecule has 1 aliphatic heterocycles. The van der Waals surface area contributed by atoms with Crippen molar-refractivity contribution in [2.75, 3.05) is 26.2 Å². The van der Waals surface area contributed by atoms with Crippen molar-refractivity contribution < 1.29 is 4.84 Å². The predicted octanol–water partition coefficient (Wildman–Crippen LogP) is 1.35. The van der Waals surface area contributed by atoms with Crippen molar-refractivity contribution in [3.63, 3.8) is 0 Å². The minimum atomic E-state index is 0.689. The van der Waals surface area contributed by atoms with Crippen molar-refractivity contribution in [3.8, 4) is 0 Å². The molecule has 1 heterocycles. The highest BCUT2D eigenvalue weighted by molar-refractivity contribution is 5.52. The molecule has 3 nitrogen and oxygen atoms in total. The number of likely N-dealkylation sites (tertiary alicyclic amines) is 1. The van der Waals surface area contributed by atoms with Gasteiger partial charge in [-0.25, -0.2) is 0 Å².